The van der Waals surface area contributed by atoms with Crippen LogP contribution in [0.5, 0.6) is 0 Å². The second kappa shape index (κ2) is 6.95. The molecule has 0 fully saturated rings. The van der Waals surface area contributed by atoms with Crippen LogP contribution in [-0.2, 0) is 0 Å². The molecule has 0 spiro atoms. The molecule has 0 saturated heterocycles. The lowest BCUT2D eigenvalue weighted by atomic mass is 10.0. The Balaban J connectivity index is 1.87. The Hall–Kier alpha value is -3.22. The number of nitrogens with one attached hydrogen (secondary N) is 2. The van der Waals surface area contributed by atoms with Gasteiger partial charge in [-0.15, -0.1) is 0 Å². The van der Waals surface area contributed by atoms with Gasteiger partial charge in [-0.25, -0.2) is 4.98 Å². The molecule has 0 radical (unpaired) electrons. The molecule has 7 nitrogen and oxygen atoms in total. The van der Waals surface area contributed by atoms with Crippen molar-refractivity contribution in [1.29, 1.82) is 0 Å². The highest BCUT2D eigenvalue weighted by Gasteiger charge is 2.23. The number of benzene rings is 2. The number of nitrogens with zero attached hydrogens (tertiary/aromatic N) is 2. The van der Waals surface area contributed by atoms with E-state index >= 15 is 0 Å². The van der Waals surface area contributed by atoms with Crippen LogP contribution in [-0.4, -0.2) is 20.8 Å². The molecule has 1 aromatic heterocycles. The normalized spacial score (nSPS) is 12.3. The average molecular weight is 352 g/mol. The Morgan fingerprint density at radius 2 is 1.96 bits per heavy atom. The highest BCUT2D eigenvalue weighted by Crippen LogP contribution is 2.24. The smallest absolute Gasteiger partial charge is 0.272 e. The molecule has 1 heterocycles. The molecule has 0 bridgehead atoms. The number of hydrogen-bond donors (Lipinski definition) is 2. The van der Waals surface area contributed by atoms with Gasteiger partial charge in [0.05, 0.1) is 22.0 Å². The van der Waals surface area contributed by atoms with E-state index in [0.717, 1.165) is 11.0 Å². The first-order chi connectivity index (χ1) is 12.4. The Bertz CT molecular complexity index is 945. The van der Waals surface area contributed by atoms with Crippen LogP contribution in [0, 0.1) is 23.0 Å². The molecule has 7 heteroatoms. The van der Waals surface area contributed by atoms with E-state index in [9.17, 15) is 14.9 Å². The summed E-state index contributed by atoms with van der Waals surface area (Å²) in [5.41, 5.74) is 2.59. The highest BCUT2D eigenvalue weighted by molar-refractivity contribution is 5.95. The number of H-pyrrole nitrogens is 1. The summed E-state index contributed by atoms with van der Waals surface area (Å²) in [5.74, 6) is 0.508. The van der Waals surface area contributed by atoms with Crippen molar-refractivity contribution in [2.45, 2.75) is 26.8 Å². The minimum absolute atomic E-state index is 0.000700. The van der Waals surface area contributed by atoms with Crippen LogP contribution < -0.4 is 5.32 Å². The van der Waals surface area contributed by atoms with Gasteiger partial charge < -0.3 is 10.3 Å². The van der Waals surface area contributed by atoms with Crippen LogP contribution >= 0.6 is 0 Å². The van der Waals surface area contributed by atoms with E-state index in [1.165, 1.54) is 18.2 Å². The number of fused-ring (bicyclic) bond motifs is 1. The van der Waals surface area contributed by atoms with Gasteiger partial charge in [0.2, 0.25) is 0 Å². The van der Waals surface area contributed by atoms with Gasteiger partial charge in [0.1, 0.15) is 5.82 Å². The molecule has 0 aliphatic heterocycles. The standard InChI is InChI=1S/C19H20N4O3/c1-11(2)17(18-20-14-6-4-5-7-15(14)21-18)22-19(24)13-8-9-16(23(25)26)12(3)10-13/h4-11,17H,1-3H3,(H,20,21)(H,22,24). The maximum Gasteiger partial charge on any atom is 0.272 e. The molecule has 26 heavy (non-hydrogen) atoms. The first-order valence-corrected chi connectivity index (χ1v) is 8.37. The lowest BCUT2D eigenvalue weighted by Gasteiger charge is -2.20. The molecular formula is C19H20N4O3. The summed E-state index contributed by atoms with van der Waals surface area (Å²) in [5, 5.41) is 13.9. The Morgan fingerprint density at radius 3 is 2.58 bits per heavy atom. The minimum Gasteiger partial charge on any atom is -0.342 e. The molecule has 1 atom stereocenters. The molecule has 134 valence electrons. The fourth-order valence-corrected chi connectivity index (χ4v) is 2.90. The van der Waals surface area contributed by atoms with Crippen molar-refractivity contribution in [2.24, 2.45) is 5.92 Å². The zero-order valence-electron chi connectivity index (χ0n) is 14.8. The molecule has 3 rings (SSSR count). The molecule has 0 aliphatic carbocycles. The number of amides is 1. The van der Waals surface area contributed by atoms with Crippen molar-refractivity contribution in [2.75, 3.05) is 0 Å². The summed E-state index contributed by atoms with van der Waals surface area (Å²) in [6.45, 7) is 5.62. The van der Waals surface area contributed by atoms with Gasteiger partial charge in [-0.05, 0) is 37.1 Å². The van der Waals surface area contributed by atoms with E-state index in [2.05, 4.69) is 15.3 Å². The zero-order chi connectivity index (χ0) is 18.8. The topological polar surface area (TPSA) is 101 Å². The fraction of sp³-hybridized carbons (Fsp3) is 0.263. The first-order valence-electron chi connectivity index (χ1n) is 8.37. The van der Waals surface area contributed by atoms with Crippen LogP contribution in [0.1, 0.15) is 41.6 Å². The van der Waals surface area contributed by atoms with E-state index in [4.69, 9.17) is 0 Å². The Morgan fingerprint density at radius 1 is 1.23 bits per heavy atom. The second-order valence-electron chi connectivity index (χ2n) is 6.59. The summed E-state index contributed by atoms with van der Waals surface area (Å²) < 4.78 is 0. The van der Waals surface area contributed by atoms with Gasteiger partial charge in [-0.2, -0.15) is 0 Å². The van der Waals surface area contributed by atoms with E-state index < -0.39 is 4.92 Å². The Kier molecular flexibility index (Phi) is 4.71. The molecule has 0 aliphatic rings. The molecule has 2 N–H and O–H groups in total. The SMILES string of the molecule is Cc1cc(C(=O)NC(c2nc3ccccc3[nH]2)C(C)C)ccc1[N+](=O)[O-]. The first kappa shape index (κ1) is 17.6. The van der Waals surface area contributed by atoms with E-state index in [-0.39, 0.29) is 23.6 Å². The molecule has 1 unspecified atom stereocenters. The van der Waals surface area contributed by atoms with E-state index in [0.29, 0.717) is 17.0 Å². The number of imidazole rings is 1. The molecule has 1 amide bonds. The number of nitro groups is 1. The average Bonchev–Trinajstić information content (AvgIpc) is 3.02. The van der Waals surface area contributed by atoms with Gasteiger partial charge >= 0.3 is 0 Å². The van der Waals surface area contributed by atoms with Crippen LogP contribution in [0.2, 0.25) is 0 Å². The number of rotatable bonds is 5. The monoisotopic (exact) mass is 352 g/mol. The maximum absolute atomic E-state index is 12.7. The van der Waals surface area contributed by atoms with Crippen LogP contribution in [0.3, 0.4) is 0 Å². The van der Waals surface area contributed by atoms with Crippen LogP contribution in [0.25, 0.3) is 11.0 Å². The number of hydrogen-bond acceptors (Lipinski definition) is 4. The fourth-order valence-electron chi connectivity index (χ4n) is 2.90. The Labute approximate surface area is 150 Å². The molecule has 2 aromatic carbocycles. The summed E-state index contributed by atoms with van der Waals surface area (Å²) in [4.78, 5) is 31.0. The lowest BCUT2D eigenvalue weighted by molar-refractivity contribution is -0.385. The summed E-state index contributed by atoms with van der Waals surface area (Å²) in [6.07, 6.45) is 0. The highest BCUT2D eigenvalue weighted by atomic mass is 16.6. The molecule has 0 saturated carbocycles. The maximum atomic E-state index is 12.7. The number of para-hydroxylation sites is 2. The zero-order valence-corrected chi connectivity index (χ0v) is 14.8. The minimum atomic E-state index is -0.456. The van der Waals surface area contributed by atoms with Crippen LogP contribution in [0.4, 0.5) is 5.69 Å². The number of carbonyl (C=O) groups excluding carboxylic acids is 1. The third-order valence-electron chi connectivity index (χ3n) is 4.31. The van der Waals surface area contributed by atoms with Gasteiger partial charge in [-0.1, -0.05) is 26.0 Å². The number of aryl methyl sites for hydroxylation is 1. The molecule has 3 aromatic rings. The quantitative estimate of drug-likeness (QED) is 0.537. The predicted octanol–water partition coefficient (Wildman–Crippen LogP) is 3.91. The third-order valence-corrected chi connectivity index (χ3v) is 4.31. The van der Waals surface area contributed by atoms with Gasteiger partial charge in [-0.3, -0.25) is 14.9 Å². The van der Waals surface area contributed by atoms with Gasteiger partial charge in [0.15, 0.2) is 0 Å². The molecular weight excluding hydrogens is 332 g/mol. The van der Waals surface area contributed by atoms with Crippen molar-refractivity contribution in [3.05, 3.63) is 69.5 Å². The van der Waals surface area contributed by atoms with Gasteiger partial charge in [0.25, 0.3) is 11.6 Å². The van der Waals surface area contributed by atoms with Crippen molar-refractivity contribution >= 4 is 22.6 Å². The number of nitro benzene ring substituents is 1. The number of aromatic nitrogens is 2. The van der Waals surface area contributed by atoms with E-state index in [1.807, 2.05) is 38.1 Å². The van der Waals surface area contributed by atoms with Crippen molar-refractivity contribution in [3.63, 3.8) is 0 Å². The summed E-state index contributed by atoms with van der Waals surface area (Å²) in [6, 6.07) is 11.7. The van der Waals surface area contributed by atoms with Crippen molar-refractivity contribution < 1.29 is 9.72 Å². The van der Waals surface area contributed by atoms with E-state index in [1.54, 1.807) is 6.92 Å². The number of aromatic amines is 1. The predicted molar refractivity (Wildman–Crippen MR) is 99.0 cm³/mol. The second-order valence-corrected chi connectivity index (χ2v) is 6.59. The van der Waals surface area contributed by atoms with Crippen molar-refractivity contribution in [1.82, 2.24) is 15.3 Å². The third kappa shape index (κ3) is 3.42. The summed E-state index contributed by atoms with van der Waals surface area (Å²) >= 11 is 0. The lowest BCUT2D eigenvalue weighted by Crippen LogP contribution is -2.32. The van der Waals surface area contributed by atoms with Gasteiger partial charge in [0, 0.05) is 17.2 Å². The summed E-state index contributed by atoms with van der Waals surface area (Å²) in [7, 11) is 0. The van der Waals surface area contributed by atoms with Crippen LogP contribution in [0.15, 0.2) is 42.5 Å². The van der Waals surface area contributed by atoms with Crippen molar-refractivity contribution in [3.8, 4) is 0 Å². The largest absolute Gasteiger partial charge is 0.342 e. The number of carbonyl (C=O) groups is 1.